The summed E-state index contributed by atoms with van der Waals surface area (Å²) in [6, 6.07) is 15.4. The van der Waals surface area contributed by atoms with Crippen molar-refractivity contribution < 1.29 is 19.4 Å². The lowest BCUT2D eigenvalue weighted by atomic mass is 10.0. The molecule has 2 unspecified atom stereocenters. The van der Waals surface area contributed by atoms with E-state index in [2.05, 4.69) is 29.8 Å². The van der Waals surface area contributed by atoms with Crippen molar-refractivity contribution >= 4 is 30.1 Å². The Kier molecular flexibility index (Phi) is 8.10. The zero-order valence-electron chi connectivity index (χ0n) is 15.5. The molecule has 148 valence electrons. The van der Waals surface area contributed by atoms with Gasteiger partial charge in [0.1, 0.15) is 17.5 Å². The van der Waals surface area contributed by atoms with Crippen molar-refractivity contribution in [2.75, 3.05) is 11.1 Å². The molecule has 0 heterocycles. The number of amides is 2. The Balaban J connectivity index is 1.96. The number of aliphatic hydroxyl groups excluding tert-OH is 1. The maximum Gasteiger partial charge on any atom is 0.247 e. The first-order chi connectivity index (χ1) is 13.4. The summed E-state index contributed by atoms with van der Waals surface area (Å²) in [6.45, 7) is 5.02. The van der Waals surface area contributed by atoms with Gasteiger partial charge < -0.3 is 20.5 Å². The van der Waals surface area contributed by atoms with Gasteiger partial charge in [-0.3, -0.25) is 9.59 Å². The van der Waals surface area contributed by atoms with Crippen molar-refractivity contribution in [1.82, 2.24) is 5.32 Å². The first-order valence-electron chi connectivity index (χ1n) is 8.80. The third-order valence-corrected chi connectivity index (χ3v) is 4.36. The highest BCUT2D eigenvalue weighted by Gasteiger charge is 2.25. The predicted octanol–water partition coefficient (Wildman–Crippen LogP) is 3.02. The number of thiol groups is 1. The summed E-state index contributed by atoms with van der Waals surface area (Å²) in [5.74, 6) is -0.235. The third kappa shape index (κ3) is 6.14. The van der Waals surface area contributed by atoms with Crippen molar-refractivity contribution in [2.45, 2.75) is 19.1 Å². The van der Waals surface area contributed by atoms with Crippen LogP contribution in [0.3, 0.4) is 0 Å². The van der Waals surface area contributed by atoms with Crippen LogP contribution in [0, 0.1) is 5.92 Å². The fourth-order valence-corrected chi connectivity index (χ4v) is 2.70. The Hall–Kier alpha value is -2.77. The van der Waals surface area contributed by atoms with Crippen LogP contribution in [0.25, 0.3) is 0 Å². The van der Waals surface area contributed by atoms with Crippen LogP contribution >= 0.6 is 12.6 Å². The second kappa shape index (κ2) is 10.5. The van der Waals surface area contributed by atoms with Gasteiger partial charge in [0.05, 0.1) is 12.0 Å². The van der Waals surface area contributed by atoms with Crippen LogP contribution in [-0.2, 0) is 9.59 Å². The van der Waals surface area contributed by atoms with E-state index in [9.17, 15) is 14.7 Å². The van der Waals surface area contributed by atoms with Gasteiger partial charge in [-0.05, 0) is 43.3 Å². The van der Waals surface area contributed by atoms with Crippen LogP contribution in [0.2, 0.25) is 0 Å². The molecule has 0 fully saturated rings. The molecule has 0 radical (unpaired) electrons. The summed E-state index contributed by atoms with van der Waals surface area (Å²) in [5.41, 5.74) is 0.558. The summed E-state index contributed by atoms with van der Waals surface area (Å²) in [6.07, 6.45) is 0.442. The lowest BCUT2D eigenvalue weighted by molar-refractivity contribution is -0.129. The van der Waals surface area contributed by atoms with Gasteiger partial charge in [0, 0.05) is 11.4 Å². The molecule has 2 aromatic carbocycles. The maximum absolute atomic E-state index is 12.4. The SMILES string of the molecule is C=CC(C(=O)NC(CS)C(=O)Nc1ccc(Oc2ccccc2)cc1)[C@@H](C)O. The first-order valence-corrected chi connectivity index (χ1v) is 9.43. The van der Waals surface area contributed by atoms with E-state index in [1.807, 2.05) is 30.3 Å². The lowest BCUT2D eigenvalue weighted by Gasteiger charge is -2.21. The van der Waals surface area contributed by atoms with Gasteiger partial charge in [0.25, 0.3) is 0 Å². The number of carbonyl (C=O) groups excluding carboxylic acids is 2. The number of para-hydroxylation sites is 1. The quantitative estimate of drug-likeness (QED) is 0.385. The predicted molar refractivity (Wildman–Crippen MR) is 113 cm³/mol. The van der Waals surface area contributed by atoms with E-state index in [0.717, 1.165) is 0 Å². The third-order valence-electron chi connectivity index (χ3n) is 3.99. The molecular weight excluding hydrogens is 376 g/mol. The Bertz CT molecular complexity index is 794. The fraction of sp³-hybridized carbons (Fsp3) is 0.238. The molecule has 2 aromatic rings. The van der Waals surface area contributed by atoms with Gasteiger partial charge in [-0.15, -0.1) is 6.58 Å². The van der Waals surface area contributed by atoms with Crippen molar-refractivity contribution in [3.63, 3.8) is 0 Å². The maximum atomic E-state index is 12.4. The normalized spacial score (nSPS) is 13.7. The Morgan fingerprint density at radius 1 is 1.11 bits per heavy atom. The zero-order valence-corrected chi connectivity index (χ0v) is 16.4. The molecular formula is C21H24N2O4S. The number of benzene rings is 2. The van der Waals surface area contributed by atoms with E-state index in [-0.39, 0.29) is 5.75 Å². The second-order valence-corrected chi connectivity index (χ2v) is 6.54. The average molecular weight is 401 g/mol. The Morgan fingerprint density at radius 2 is 1.71 bits per heavy atom. The van der Waals surface area contributed by atoms with Crippen LogP contribution in [0.5, 0.6) is 11.5 Å². The molecule has 28 heavy (non-hydrogen) atoms. The highest BCUT2D eigenvalue weighted by Crippen LogP contribution is 2.22. The molecule has 3 atom stereocenters. The monoisotopic (exact) mass is 400 g/mol. The standard InChI is InChI=1S/C21H24N2O4S/c1-3-18(14(2)24)20(25)23-19(13-28)21(26)22-15-9-11-17(12-10-15)27-16-7-5-4-6-8-16/h3-12,14,18-19,24,28H,1,13H2,2H3,(H,22,26)(H,23,25)/t14-,18?,19?/m1/s1. The highest BCUT2D eigenvalue weighted by molar-refractivity contribution is 7.80. The number of nitrogens with one attached hydrogen (secondary N) is 2. The van der Waals surface area contributed by atoms with Crippen molar-refractivity contribution in [3.8, 4) is 11.5 Å². The first kappa shape index (κ1) is 21.5. The fourth-order valence-electron chi connectivity index (χ4n) is 2.45. The molecule has 7 heteroatoms. The largest absolute Gasteiger partial charge is 0.457 e. The van der Waals surface area contributed by atoms with Crippen LogP contribution in [-0.4, -0.2) is 34.8 Å². The molecule has 6 nitrogen and oxygen atoms in total. The lowest BCUT2D eigenvalue weighted by Crippen LogP contribution is -2.48. The molecule has 2 amide bonds. The summed E-state index contributed by atoms with van der Waals surface area (Å²) < 4.78 is 5.71. The molecule has 0 spiro atoms. The average Bonchev–Trinajstić information content (AvgIpc) is 2.68. The second-order valence-electron chi connectivity index (χ2n) is 6.17. The molecule has 0 saturated heterocycles. The van der Waals surface area contributed by atoms with Gasteiger partial charge in [-0.2, -0.15) is 12.6 Å². The number of anilines is 1. The number of hydrogen-bond acceptors (Lipinski definition) is 5. The smallest absolute Gasteiger partial charge is 0.247 e. The molecule has 0 bridgehead atoms. The van der Waals surface area contributed by atoms with E-state index in [4.69, 9.17) is 4.74 Å². The van der Waals surface area contributed by atoms with Gasteiger partial charge in [0.15, 0.2) is 0 Å². The van der Waals surface area contributed by atoms with E-state index in [0.29, 0.717) is 17.2 Å². The highest BCUT2D eigenvalue weighted by atomic mass is 32.1. The molecule has 0 aliphatic heterocycles. The number of rotatable bonds is 9. The number of ether oxygens (including phenoxy) is 1. The minimum absolute atomic E-state index is 0.108. The molecule has 0 saturated carbocycles. The number of carbonyl (C=O) groups is 2. The molecule has 0 aliphatic carbocycles. The summed E-state index contributed by atoms with van der Waals surface area (Å²) in [5, 5.41) is 14.9. The van der Waals surface area contributed by atoms with E-state index in [1.165, 1.54) is 13.0 Å². The van der Waals surface area contributed by atoms with Crippen molar-refractivity contribution in [2.24, 2.45) is 5.92 Å². The molecule has 0 aliphatic rings. The molecule has 2 rings (SSSR count). The van der Waals surface area contributed by atoms with E-state index >= 15 is 0 Å². The van der Waals surface area contributed by atoms with Crippen LogP contribution in [0.4, 0.5) is 5.69 Å². The summed E-state index contributed by atoms with van der Waals surface area (Å²) >= 11 is 4.13. The van der Waals surface area contributed by atoms with Gasteiger partial charge in [-0.25, -0.2) is 0 Å². The topological polar surface area (TPSA) is 87.7 Å². The minimum atomic E-state index is -0.904. The molecule has 3 N–H and O–H groups in total. The van der Waals surface area contributed by atoms with Crippen LogP contribution < -0.4 is 15.4 Å². The summed E-state index contributed by atoms with van der Waals surface area (Å²) in [4.78, 5) is 24.6. The Labute approximate surface area is 170 Å². The van der Waals surface area contributed by atoms with E-state index < -0.39 is 29.9 Å². The van der Waals surface area contributed by atoms with Crippen molar-refractivity contribution in [1.29, 1.82) is 0 Å². The molecule has 0 aromatic heterocycles. The van der Waals surface area contributed by atoms with Crippen LogP contribution in [0.15, 0.2) is 67.3 Å². The Morgan fingerprint density at radius 3 is 2.25 bits per heavy atom. The number of aliphatic hydroxyl groups is 1. The van der Waals surface area contributed by atoms with Crippen LogP contribution in [0.1, 0.15) is 6.92 Å². The number of hydrogen-bond donors (Lipinski definition) is 4. The van der Waals surface area contributed by atoms with E-state index in [1.54, 1.807) is 24.3 Å². The van der Waals surface area contributed by atoms with Gasteiger partial charge in [-0.1, -0.05) is 24.3 Å². The minimum Gasteiger partial charge on any atom is -0.457 e. The van der Waals surface area contributed by atoms with Crippen molar-refractivity contribution in [3.05, 3.63) is 67.3 Å². The van der Waals surface area contributed by atoms with Gasteiger partial charge in [0.2, 0.25) is 11.8 Å². The zero-order chi connectivity index (χ0) is 20.5. The summed E-state index contributed by atoms with van der Waals surface area (Å²) in [7, 11) is 0. The van der Waals surface area contributed by atoms with Gasteiger partial charge >= 0.3 is 0 Å².